The SMILES string of the molecule is N#Cc1ccc(N2CCC(COc3ccncc3Cl)CC2)cc1. The molecule has 2 heterocycles. The van der Waals surface area contributed by atoms with Gasteiger partial charge in [0.2, 0.25) is 0 Å². The lowest BCUT2D eigenvalue weighted by atomic mass is 9.97. The van der Waals surface area contributed by atoms with Crippen LogP contribution in [0.3, 0.4) is 0 Å². The fourth-order valence-corrected chi connectivity index (χ4v) is 2.97. The standard InChI is InChI=1S/C18H18ClN3O/c19-17-12-21-8-5-18(17)23-13-15-6-9-22(10-7-15)16-3-1-14(11-20)2-4-16/h1-5,8,12,15H,6-7,9-10,13H2. The van der Waals surface area contributed by atoms with Crippen molar-refractivity contribution in [3.05, 3.63) is 53.3 Å². The second-order valence-electron chi connectivity index (χ2n) is 5.71. The minimum atomic E-state index is 0.536. The summed E-state index contributed by atoms with van der Waals surface area (Å²) in [5.74, 6) is 1.24. The highest BCUT2D eigenvalue weighted by Gasteiger charge is 2.20. The number of halogens is 1. The van der Waals surface area contributed by atoms with E-state index in [2.05, 4.69) is 16.0 Å². The van der Waals surface area contributed by atoms with Gasteiger partial charge in [-0.1, -0.05) is 11.6 Å². The van der Waals surface area contributed by atoms with Gasteiger partial charge in [-0.3, -0.25) is 4.98 Å². The predicted molar refractivity (Wildman–Crippen MR) is 90.8 cm³/mol. The van der Waals surface area contributed by atoms with Crippen LogP contribution >= 0.6 is 11.6 Å². The minimum absolute atomic E-state index is 0.536. The van der Waals surface area contributed by atoms with E-state index in [1.54, 1.807) is 18.5 Å². The molecule has 4 nitrogen and oxygen atoms in total. The Kier molecular flexibility index (Phi) is 4.99. The second kappa shape index (κ2) is 7.34. The van der Waals surface area contributed by atoms with Gasteiger partial charge in [-0.05, 0) is 43.0 Å². The Bertz CT molecular complexity index is 688. The van der Waals surface area contributed by atoms with E-state index in [4.69, 9.17) is 21.6 Å². The Morgan fingerprint density at radius 2 is 1.96 bits per heavy atom. The Morgan fingerprint density at radius 3 is 2.61 bits per heavy atom. The molecule has 0 aliphatic carbocycles. The van der Waals surface area contributed by atoms with Gasteiger partial charge in [0, 0.05) is 37.2 Å². The number of rotatable bonds is 4. The van der Waals surface area contributed by atoms with Crippen LogP contribution in [-0.2, 0) is 0 Å². The lowest BCUT2D eigenvalue weighted by Gasteiger charge is -2.33. The van der Waals surface area contributed by atoms with Gasteiger partial charge in [0.15, 0.2) is 0 Å². The fourth-order valence-electron chi connectivity index (χ4n) is 2.79. The number of ether oxygens (including phenoxy) is 1. The first kappa shape index (κ1) is 15.6. The summed E-state index contributed by atoms with van der Waals surface area (Å²) in [5.41, 5.74) is 1.88. The Hall–Kier alpha value is -2.25. The van der Waals surface area contributed by atoms with Crippen molar-refractivity contribution in [2.24, 2.45) is 5.92 Å². The first-order valence-corrected chi connectivity index (χ1v) is 8.11. The summed E-state index contributed by atoms with van der Waals surface area (Å²) < 4.78 is 5.82. The predicted octanol–water partition coefficient (Wildman–Crippen LogP) is 3.90. The monoisotopic (exact) mass is 327 g/mol. The molecule has 0 N–H and O–H groups in total. The molecular weight excluding hydrogens is 310 g/mol. The molecule has 1 aromatic carbocycles. The van der Waals surface area contributed by atoms with E-state index in [9.17, 15) is 0 Å². The summed E-state index contributed by atoms with van der Waals surface area (Å²) in [4.78, 5) is 6.31. The van der Waals surface area contributed by atoms with Gasteiger partial charge in [-0.15, -0.1) is 0 Å². The number of anilines is 1. The summed E-state index contributed by atoms with van der Waals surface area (Å²) in [6.45, 7) is 2.69. The van der Waals surface area contributed by atoms with Crippen LogP contribution in [0.5, 0.6) is 5.75 Å². The summed E-state index contributed by atoms with van der Waals surface area (Å²) >= 11 is 6.05. The van der Waals surface area contributed by atoms with E-state index in [1.165, 1.54) is 5.69 Å². The molecule has 3 rings (SSSR count). The maximum atomic E-state index is 8.86. The van der Waals surface area contributed by atoms with Crippen molar-refractivity contribution >= 4 is 17.3 Å². The molecular formula is C18H18ClN3O. The molecule has 0 radical (unpaired) electrons. The average molecular weight is 328 g/mol. The third kappa shape index (κ3) is 3.94. The lowest BCUT2D eigenvalue weighted by Crippen LogP contribution is -2.35. The smallest absolute Gasteiger partial charge is 0.141 e. The first-order valence-electron chi connectivity index (χ1n) is 7.73. The molecule has 0 atom stereocenters. The largest absolute Gasteiger partial charge is 0.492 e. The van der Waals surface area contributed by atoms with Gasteiger partial charge < -0.3 is 9.64 Å². The summed E-state index contributed by atoms with van der Waals surface area (Å²) in [6.07, 6.45) is 5.46. The van der Waals surface area contributed by atoms with E-state index in [0.717, 1.165) is 25.9 Å². The summed E-state index contributed by atoms with van der Waals surface area (Å²) in [7, 11) is 0. The van der Waals surface area contributed by atoms with Crippen molar-refractivity contribution in [2.75, 3.05) is 24.6 Å². The highest BCUT2D eigenvalue weighted by molar-refractivity contribution is 6.31. The maximum Gasteiger partial charge on any atom is 0.141 e. The summed E-state index contributed by atoms with van der Waals surface area (Å²) in [6, 6.07) is 11.7. The minimum Gasteiger partial charge on any atom is -0.492 e. The van der Waals surface area contributed by atoms with E-state index in [-0.39, 0.29) is 0 Å². The first-order chi connectivity index (χ1) is 11.3. The molecule has 1 fully saturated rings. The van der Waals surface area contributed by atoms with Crippen LogP contribution in [0.2, 0.25) is 5.02 Å². The number of pyridine rings is 1. The number of nitrogens with zero attached hydrogens (tertiary/aromatic N) is 3. The van der Waals surface area contributed by atoms with Gasteiger partial charge in [0.25, 0.3) is 0 Å². The molecule has 0 unspecified atom stereocenters. The van der Waals surface area contributed by atoms with E-state index < -0.39 is 0 Å². The second-order valence-corrected chi connectivity index (χ2v) is 6.11. The van der Waals surface area contributed by atoms with Crippen LogP contribution in [0.1, 0.15) is 18.4 Å². The maximum absolute atomic E-state index is 8.86. The van der Waals surface area contributed by atoms with Crippen molar-refractivity contribution in [3.8, 4) is 11.8 Å². The van der Waals surface area contributed by atoms with Crippen LogP contribution in [0.25, 0.3) is 0 Å². The Morgan fingerprint density at radius 1 is 1.22 bits per heavy atom. The number of benzene rings is 1. The van der Waals surface area contributed by atoms with Crippen LogP contribution < -0.4 is 9.64 Å². The van der Waals surface area contributed by atoms with Crippen LogP contribution in [0.15, 0.2) is 42.7 Å². The topological polar surface area (TPSA) is 49.2 Å². The molecule has 0 spiro atoms. The van der Waals surface area contributed by atoms with E-state index >= 15 is 0 Å². The number of aromatic nitrogens is 1. The van der Waals surface area contributed by atoms with Gasteiger partial charge in [-0.2, -0.15) is 5.26 Å². The molecule has 2 aromatic rings. The molecule has 0 amide bonds. The van der Waals surface area contributed by atoms with Crippen molar-refractivity contribution in [3.63, 3.8) is 0 Å². The van der Waals surface area contributed by atoms with Crippen LogP contribution in [-0.4, -0.2) is 24.7 Å². The molecule has 118 valence electrons. The Balaban J connectivity index is 1.50. The molecule has 1 aliphatic rings. The van der Waals surface area contributed by atoms with Gasteiger partial charge in [0.05, 0.1) is 18.2 Å². The highest BCUT2D eigenvalue weighted by atomic mass is 35.5. The zero-order chi connectivity index (χ0) is 16.1. The highest BCUT2D eigenvalue weighted by Crippen LogP contribution is 2.26. The van der Waals surface area contributed by atoms with Crippen molar-refractivity contribution < 1.29 is 4.74 Å². The van der Waals surface area contributed by atoms with Crippen LogP contribution in [0, 0.1) is 17.2 Å². The Labute approximate surface area is 141 Å². The average Bonchev–Trinajstić information content (AvgIpc) is 2.62. The fraction of sp³-hybridized carbons (Fsp3) is 0.333. The third-order valence-electron chi connectivity index (χ3n) is 4.19. The van der Waals surface area contributed by atoms with Crippen molar-refractivity contribution in [2.45, 2.75) is 12.8 Å². The zero-order valence-corrected chi connectivity index (χ0v) is 13.5. The molecule has 1 aromatic heterocycles. The summed E-state index contributed by atoms with van der Waals surface area (Å²) in [5, 5.41) is 9.41. The normalized spacial score (nSPS) is 15.2. The van der Waals surface area contributed by atoms with E-state index in [1.807, 2.05) is 24.3 Å². The number of nitriles is 1. The quantitative estimate of drug-likeness (QED) is 0.854. The van der Waals surface area contributed by atoms with Crippen molar-refractivity contribution in [1.29, 1.82) is 5.26 Å². The molecule has 0 bridgehead atoms. The van der Waals surface area contributed by atoms with Gasteiger partial charge in [-0.25, -0.2) is 0 Å². The van der Waals surface area contributed by atoms with Gasteiger partial charge >= 0.3 is 0 Å². The van der Waals surface area contributed by atoms with Crippen LogP contribution in [0.4, 0.5) is 5.69 Å². The van der Waals surface area contributed by atoms with E-state index in [0.29, 0.717) is 28.9 Å². The zero-order valence-electron chi connectivity index (χ0n) is 12.8. The number of hydrogen-bond acceptors (Lipinski definition) is 4. The molecule has 23 heavy (non-hydrogen) atoms. The molecule has 1 aliphatic heterocycles. The molecule has 0 saturated carbocycles. The van der Waals surface area contributed by atoms with Gasteiger partial charge in [0.1, 0.15) is 10.8 Å². The number of hydrogen-bond donors (Lipinski definition) is 0. The molecule has 5 heteroatoms. The third-order valence-corrected chi connectivity index (χ3v) is 4.47. The lowest BCUT2D eigenvalue weighted by molar-refractivity contribution is 0.223. The molecule has 1 saturated heterocycles. The van der Waals surface area contributed by atoms with Crippen molar-refractivity contribution in [1.82, 2.24) is 4.98 Å². The number of piperidine rings is 1.